The second kappa shape index (κ2) is 7.60. The van der Waals surface area contributed by atoms with Crippen LogP contribution in [-0.2, 0) is 4.79 Å². The van der Waals surface area contributed by atoms with Gasteiger partial charge in [-0.05, 0) is 24.3 Å². The van der Waals surface area contributed by atoms with Crippen LogP contribution >= 0.6 is 11.8 Å². The van der Waals surface area contributed by atoms with Crippen LogP contribution < -0.4 is 5.32 Å². The molecule has 0 aliphatic heterocycles. The molecule has 22 heavy (non-hydrogen) atoms. The van der Waals surface area contributed by atoms with Gasteiger partial charge in [-0.3, -0.25) is 14.9 Å². The fourth-order valence-corrected chi connectivity index (χ4v) is 2.50. The molecule has 2 rings (SSSR count). The normalized spacial score (nSPS) is 10.4. The van der Waals surface area contributed by atoms with Gasteiger partial charge in [-0.2, -0.15) is 16.9 Å². The molecule has 1 aromatic heterocycles. The summed E-state index contributed by atoms with van der Waals surface area (Å²) >= 11 is 1.57. The number of nitrogens with one attached hydrogen (secondary N) is 1. The second-order valence-corrected chi connectivity index (χ2v) is 5.61. The topological polar surface area (TPSA) is 90.1 Å². The molecular formula is C14H16N4O3S. The van der Waals surface area contributed by atoms with Crippen LogP contribution in [0.5, 0.6) is 0 Å². The van der Waals surface area contributed by atoms with Gasteiger partial charge < -0.3 is 5.32 Å². The van der Waals surface area contributed by atoms with Crippen LogP contribution in [0.3, 0.4) is 0 Å². The SMILES string of the molecule is CCCSCC(=O)Nc1ccnn1-c1ccc([N+](=O)[O-])cc1. The average Bonchev–Trinajstić information content (AvgIpc) is 2.95. The summed E-state index contributed by atoms with van der Waals surface area (Å²) in [6, 6.07) is 7.67. The van der Waals surface area contributed by atoms with E-state index >= 15 is 0 Å². The van der Waals surface area contributed by atoms with Gasteiger partial charge >= 0.3 is 0 Å². The Hall–Kier alpha value is -2.35. The molecule has 1 aromatic carbocycles. The van der Waals surface area contributed by atoms with E-state index in [1.54, 1.807) is 36.2 Å². The molecule has 0 unspecified atom stereocenters. The van der Waals surface area contributed by atoms with Crippen molar-refractivity contribution in [2.24, 2.45) is 0 Å². The Morgan fingerprint density at radius 1 is 1.36 bits per heavy atom. The number of carbonyl (C=O) groups is 1. The van der Waals surface area contributed by atoms with Gasteiger partial charge in [-0.1, -0.05) is 6.92 Å². The van der Waals surface area contributed by atoms with E-state index in [9.17, 15) is 14.9 Å². The van der Waals surface area contributed by atoms with Crippen LogP contribution in [0.4, 0.5) is 11.5 Å². The Labute approximate surface area is 131 Å². The zero-order valence-corrected chi connectivity index (χ0v) is 12.9. The number of aromatic nitrogens is 2. The highest BCUT2D eigenvalue weighted by Crippen LogP contribution is 2.18. The largest absolute Gasteiger partial charge is 0.310 e. The van der Waals surface area contributed by atoms with E-state index in [-0.39, 0.29) is 11.6 Å². The first-order valence-corrected chi connectivity index (χ1v) is 7.93. The number of carbonyl (C=O) groups excluding carboxylic acids is 1. The number of hydrogen-bond donors (Lipinski definition) is 1. The number of thioether (sulfide) groups is 1. The van der Waals surface area contributed by atoms with Crippen LogP contribution in [0.1, 0.15) is 13.3 Å². The lowest BCUT2D eigenvalue weighted by Gasteiger charge is -2.08. The van der Waals surface area contributed by atoms with Crippen molar-refractivity contribution < 1.29 is 9.72 Å². The van der Waals surface area contributed by atoms with Crippen LogP contribution in [0, 0.1) is 10.1 Å². The molecule has 0 saturated carbocycles. The molecule has 116 valence electrons. The van der Waals surface area contributed by atoms with Gasteiger partial charge in [0.1, 0.15) is 5.82 Å². The molecule has 1 heterocycles. The molecule has 8 heteroatoms. The third-order valence-electron chi connectivity index (χ3n) is 2.80. The van der Waals surface area contributed by atoms with Gasteiger partial charge in [0.25, 0.3) is 5.69 Å². The number of rotatable bonds is 7. The predicted octanol–water partition coefficient (Wildman–Crippen LogP) is 2.86. The summed E-state index contributed by atoms with van der Waals surface area (Å²) in [6.45, 7) is 2.06. The quantitative estimate of drug-likeness (QED) is 0.481. The highest BCUT2D eigenvalue weighted by Gasteiger charge is 2.10. The number of benzene rings is 1. The fourth-order valence-electron chi connectivity index (χ4n) is 1.81. The van der Waals surface area contributed by atoms with Crippen molar-refractivity contribution in [3.05, 3.63) is 46.6 Å². The lowest BCUT2D eigenvalue weighted by atomic mass is 10.3. The Balaban J connectivity index is 2.08. The molecule has 0 bridgehead atoms. The second-order valence-electron chi connectivity index (χ2n) is 4.50. The highest BCUT2D eigenvalue weighted by molar-refractivity contribution is 7.99. The summed E-state index contributed by atoms with van der Waals surface area (Å²) in [5.41, 5.74) is 0.657. The lowest BCUT2D eigenvalue weighted by Crippen LogP contribution is -2.17. The zero-order chi connectivity index (χ0) is 15.9. The molecule has 0 spiro atoms. The predicted molar refractivity (Wildman–Crippen MR) is 86.5 cm³/mol. The first kappa shape index (κ1) is 16.0. The molecule has 1 N–H and O–H groups in total. The molecule has 0 saturated heterocycles. The first-order valence-electron chi connectivity index (χ1n) is 6.78. The van der Waals surface area contributed by atoms with Gasteiger partial charge in [-0.25, -0.2) is 4.68 Å². The van der Waals surface area contributed by atoms with Crippen molar-refractivity contribution in [2.45, 2.75) is 13.3 Å². The Bertz CT molecular complexity index is 654. The molecular weight excluding hydrogens is 304 g/mol. The molecule has 0 atom stereocenters. The van der Waals surface area contributed by atoms with Crippen LogP contribution in [-0.4, -0.2) is 32.1 Å². The van der Waals surface area contributed by atoms with Crippen molar-refractivity contribution in [2.75, 3.05) is 16.8 Å². The van der Waals surface area contributed by atoms with Crippen molar-refractivity contribution >= 4 is 29.2 Å². The molecule has 0 aliphatic rings. The van der Waals surface area contributed by atoms with E-state index in [0.717, 1.165) is 12.2 Å². The summed E-state index contributed by atoms with van der Waals surface area (Å²) in [5, 5.41) is 17.6. The third-order valence-corrected chi connectivity index (χ3v) is 3.96. The Morgan fingerprint density at radius 2 is 2.09 bits per heavy atom. The minimum absolute atomic E-state index is 0.0115. The molecule has 7 nitrogen and oxygen atoms in total. The Kier molecular flexibility index (Phi) is 5.54. The van der Waals surface area contributed by atoms with Gasteiger partial charge in [0.2, 0.25) is 5.91 Å². The monoisotopic (exact) mass is 320 g/mol. The summed E-state index contributed by atoms with van der Waals surface area (Å²) < 4.78 is 1.53. The minimum Gasteiger partial charge on any atom is -0.310 e. The molecule has 2 aromatic rings. The number of anilines is 1. The molecule has 1 amide bonds. The fraction of sp³-hybridized carbons (Fsp3) is 0.286. The highest BCUT2D eigenvalue weighted by atomic mass is 32.2. The van der Waals surface area contributed by atoms with Crippen molar-refractivity contribution in [3.63, 3.8) is 0 Å². The maximum atomic E-state index is 11.8. The first-order chi connectivity index (χ1) is 10.6. The molecule has 0 radical (unpaired) electrons. The van der Waals surface area contributed by atoms with Gasteiger partial charge in [0.15, 0.2) is 0 Å². The minimum atomic E-state index is -0.458. The van der Waals surface area contributed by atoms with Crippen molar-refractivity contribution in [1.82, 2.24) is 9.78 Å². The van der Waals surface area contributed by atoms with Crippen molar-refractivity contribution in [3.8, 4) is 5.69 Å². The summed E-state index contributed by atoms with van der Waals surface area (Å²) in [6.07, 6.45) is 2.59. The van der Waals surface area contributed by atoms with Gasteiger partial charge in [-0.15, -0.1) is 0 Å². The maximum absolute atomic E-state index is 11.8. The third kappa shape index (κ3) is 4.08. The van der Waals surface area contributed by atoms with Gasteiger partial charge in [0.05, 0.1) is 22.6 Å². The van der Waals surface area contributed by atoms with Crippen molar-refractivity contribution in [1.29, 1.82) is 0 Å². The lowest BCUT2D eigenvalue weighted by molar-refractivity contribution is -0.384. The van der Waals surface area contributed by atoms with E-state index in [0.29, 0.717) is 17.3 Å². The van der Waals surface area contributed by atoms with E-state index in [2.05, 4.69) is 17.3 Å². The van der Waals surface area contributed by atoms with Gasteiger partial charge in [0, 0.05) is 18.2 Å². The maximum Gasteiger partial charge on any atom is 0.269 e. The van der Waals surface area contributed by atoms with E-state index in [1.165, 1.54) is 16.8 Å². The summed E-state index contributed by atoms with van der Waals surface area (Å²) in [4.78, 5) is 22.1. The number of nitro benzene ring substituents is 1. The number of non-ortho nitro benzene ring substituents is 1. The van der Waals surface area contributed by atoms with E-state index < -0.39 is 4.92 Å². The zero-order valence-electron chi connectivity index (χ0n) is 12.1. The van der Waals surface area contributed by atoms with Crippen LogP contribution in [0.2, 0.25) is 0 Å². The number of nitro groups is 1. The number of nitrogens with zero attached hydrogens (tertiary/aromatic N) is 3. The average molecular weight is 320 g/mol. The standard InChI is InChI=1S/C14H16N4O3S/c1-2-9-22-10-14(19)16-13-7-8-15-17(13)11-3-5-12(6-4-11)18(20)21/h3-8H,2,9-10H2,1H3,(H,16,19). The molecule has 0 aliphatic carbocycles. The molecule has 0 fully saturated rings. The number of hydrogen-bond acceptors (Lipinski definition) is 5. The Morgan fingerprint density at radius 3 is 2.73 bits per heavy atom. The van der Waals surface area contributed by atoms with Crippen LogP contribution in [0.25, 0.3) is 5.69 Å². The smallest absolute Gasteiger partial charge is 0.269 e. The van der Waals surface area contributed by atoms with E-state index in [4.69, 9.17) is 0 Å². The van der Waals surface area contributed by atoms with E-state index in [1.807, 2.05) is 0 Å². The number of amides is 1. The van der Waals surface area contributed by atoms with Crippen LogP contribution in [0.15, 0.2) is 36.5 Å². The summed E-state index contributed by atoms with van der Waals surface area (Å²) in [5.74, 6) is 1.77. The summed E-state index contributed by atoms with van der Waals surface area (Å²) in [7, 11) is 0.